The Balaban J connectivity index is 1.14. The molecule has 2 aliphatic heterocycles. The molecule has 1 fully saturated rings. The topological polar surface area (TPSA) is 89.6 Å². The van der Waals surface area contributed by atoms with E-state index in [1.807, 2.05) is 4.90 Å². The maximum Gasteiger partial charge on any atom is 0.260 e. The molecule has 170 valence electrons. The van der Waals surface area contributed by atoms with E-state index < -0.39 is 0 Å². The molecule has 1 N–H and O–H groups in total. The van der Waals surface area contributed by atoms with Crippen LogP contribution in [0.15, 0.2) is 42.5 Å². The van der Waals surface area contributed by atoms with E-state index in [-0.39, 0.29) is 25.2 Å². The Kier molecular flexibility index (Phi) is 6.96. The van der Waals surface area contributed by atoms with Gasteiger partial charge in [0.15, 0.2) is 18.1 Å². The quantitative estimate of drug-likeness (QED) is 0.662. The minimum Gasteiger partial charge on any atom is -0.497 e. The van der Waals surface area contributed by atoms with Gasteiger partial charge in [-0.15, -0.1) is 0 Å². The third-order valence-corrected chi connectivity index (χ3v) is 5.50. The zero-order chi connectivity index (χ0) is 22.3. The Morgan fingerprint density at radius 2 is 1.69 bits per heavy atom. The highest BCUT2D eigenvalue weighted by molar-refractivity contribution is 5.94. The van der Waals surface area contributed by atoms with Gasteiger partial charge in [0.25, 0.3) is 11.8 Å². The zero-order valence-corrected chi connectivity index (χ0v) is 18.0. The first-order valence-electron chi connectivity index (χ1n) is 10.6. The number of amides is 2. The van der Waals surface area contributed by atoms with Crippen molar-refractivity contribution in [3.8, 4) is 23.0 Å². The number of carbonyl (C=O) groups excluding carboxylic acids is 2. The molecule has 0 radical (unpaired) electrons. The summed E-state index contributed by atoms with van der Waals surface area (Å²) in [4.78, 5) is 28.8. The minimum atomic E-state index is -0.146. The molecule has 9 nitrogen and oxygen atoms in total. The van der Waals surface area contributed by atoms with Gasteiger partial charge in [-0.1, -0.05) is 0 Å². The van der Waals surface area contributed by atoms with E-state index in [1.54, 1.807) is 49.6 Å². The number of nitrogens with zero attached hydrogens (tertiary/aromatic N) is 2. The van der Waals surface area contributed by atoms with Gasteiger partial charge in [-0.2, -0.15) is 0 Å². The molecular formula is C23H27N3O6. The molecule has 2 aromatic rings. The van der Waals surface area contributed by atoms with Crippen LogP contribution in [0.25, 0.3) is 0 Å². The molecule has 32 heavy (non-hydrogen) atoms. The zero-order valence-electron chi connectivity index (χ0n) is 18.0. The van der Waals surface area contributed by atoms with Crippen LogP contribution in [0, 0.1) is 0 Å². The number of fused-ring (bicyclic) bond motifs is 1. The van der Waals surface area contributed by atoms with Crippen LogP contribution in [-0.2, 0) is 4.79 Å². The van der Waals surface area contributed by atoms with E-state index >= 15 is 0 Å². The van der Waals surface area contributed by atoms with Crippen LogP contribution in [-0.4, -0.2) is 81.4 Å². The Labute approximate surface area is 186 Å². The average molecular weight is 441 g/mol. The second-order valence-corrected chi connectivity index (χ2v) is 7.51. The van der Waals surface area contributed by atoms with Gasteiger partial charge in [0.05, 0.1) is 7.11 Å². The first-order chi connectivity index (χ1) is 15.6. The van der Waals surface area contributed by atoms with Gasteiger partial charge in [0, 0.05) is 44.8 Å². The number of methoxy groups -OCH3 is 1. The van der Waals surface area contributed by atoms with Gasteiger partial charge in [-0.3, -0.25) is 14.5 Å². The van der Waals surface area contributed by atoms with Crippen molar-refractivity contribution in [1.82, 2.24) is 15.1 Å². The molecule has 4 rings (SSSR count). The second kappa shape index (κ2) is 10.2. The number of ether oxygens (including phenoxy) is 4. The number of rotatable bonds is 8. The summed E-state index contributed by atoms with van der Waals surface area (Å²) in [5.41, 5.74) is 0.543. The number of hydrogen-bond donors (Lipinski definition) is 1. The molecule has 0 aliphatic carbocycles. The van der Waals surface area contributed by atoms with Crippen LogP contribution < -0.4 is 24.3 Å². The Morgan fingerprint density at radius 3 is 2.44 bits per heavy atom. The highest BCUT2D eigenvalue weighted by atomic mass is 16.7. The Bertz CT molecular complexity index is 941. The lowest BCUT2D eigenvalue weighted by atomic mass is 10.2. The van der Waals surface area contributed by atoms with E-state index in [0.29, 0.717) is 42.4 Å². The predicted octanol–water partition coefficient (Wildman–Crippen LogP) is 1.38. The number of piperazine rings is 1. The first kappa shape index (κ1) is 21.8. The summed E-state index contributed by atoms with van der Waals surface area (Å²) in [6.45, 7) is 4.24. The fourth-order valence-electron chi connectivity index (χ4n) is 3.60. The molecule has 2 aliphatic rings. The van der Waals surface area contributed by atoms with E-state index in [1.165, 1.54) is 0 Å². The molecule has 0 atom stereocenters. The normalized spacial score (nSPS) is 15.3. The van der Waals surface area contributed by atoms with Crippen molar-refractivity contribution >= 4 is 11.8 Å². The third kappa shape index (κ3) is 5.42. The largest absolute Gasteiger partial charge is 0.497 e. The summed E-state index contributed by atoms with van der Waals surface area (Å²) < 4.78 is 21.3. The number of benzene rings is 2. The van der Waals surface area contributed by atoms with Crippen molar-refractivity contribution < 1.29 is 28.5 Å². The van der Waals surface area contributed by atoms with Gasteiger partial charge in [-0.25, -0.2) is 0 Å². The molecule has 0 unspecified atom stereocenters. The summed E-state index contributed by atoms with van der Waals surface area (Å²) in [6.07, 6.45) is 0. The van der Waals surface area contributed by atoms with Crippen molar-refractivity contribution in [1.29, 1.82) is 0 Å². The highest BCUT2D eigenvalue weighted by Gasteiger charge is 2.21. The number of hydrogen-bond acceptors (Lipinski definition) is 7. The number of nitrogens with one attached hydrogen (secondary N) is 1. The lowest BCUT2D eigenvalue weighted by Crippen LogP contribution is -2.51. The van der Waals surface area contributed by atoms with E-state index in [9.17, 15) is 9.59 Å². The Hall–Kier alpha value is -3.46. The van der Waals surface area contributed by atoms with Crippen LogP contribution in [0.4, 0.5) is 0 Å². The summed E-state index contributed by atoms with van der Waals surface area (Å²) in [7, 11) is 1.60. The second-order valence-electron chi connectivity index (χ2n) is 7.51. The number of carbonyl (C=O) groups is 2. The minimum absolute atomic E-state index is 0.0118. The lowest BCUT2D eigenvalue weighted by Gasteiger charge is -2.34. The van der Waals surface area contributed by atoms with E-state index in [4.69, 9.17) is 18.9 Å². The van der Waals surface area contributed by atoms with Crippen LogP contribution in [0.3, 0.4) is 0 Å². The molecule has 2 amide bonds. The van der Waals surface area contributed by atoms with Crippen molar-refractivity contribution in [3.63, 3.8) is 0 Å². The van der Waals surface area contributed by atoms with E-state index in [0.717, 1.165) is 25.4 Å². The van der Waals surface area contributed by atoms with Crippen LogP contribution in [0.5, 0.6) is 23.0 Å². The maximum atomic E-state index is 12.4. The fraction of sp³-hybridized carbons (Fsp3) is 0.391. The molecule has 0 spiro atoms. The van der Waals surface area contributed by atoms with Crippen LogP contribution in [0.2, 0.25) is 0 Å². The van der Waals surface area contributed by atoms with Crippen molar-refractivity contribution in [2.45, 2.75) is 0 Å². The van der Waals surface area contributed by atoms with Crippen molar-refractivity contribution in [3.05, 3.63) is 48.0 Å². The fourth-order valence-corrected chi connectivity index (χ4v) is 3.60. The highest BCUT2D eigenvalue weighted by Crippen LogP contribution is 2.32. The van der Waals surface area contributed by atoms with Crippen molar-refractivity contribution in [2.75, 3.05) is 59.8 Å². The van der Waals surface area contributed by atoms with Gasteiger partial charge < -0.3 is 29.2 Å². The first-order valence-corrected chi connectivity index (χ1v) is 10.6. The summed E-state index contributed by atoms with van der Waals surface area (Å²) in [6, 6.07) is 12.3. The van der Waals surface area contributed by atoms with Crippen molar-refractivity contribution in [2.24, 2.45) is 0 Å². The van der Waals surface area contributed by atoms with Gasteiger partial charge in [0.2, 0.25) is 6.79 Å². The van der Waals surface area contributed by atoms with Gasteiger partial charge >= 0.3 is 0 Å². The molecule has 0 aromatic heterocycles. The molecule has 9 heteroatoms. The molecular weight excluding hydrogens is 414 g/mol. The standard InChI is InChI=1S/C23H27N3O6/c1-29-18-3-5-19(6-4-18)30-15-22(27)26-12-10-25(11-13-26)9-8-24-23(28)17-2-7-20-21(14-17)32-16-31-20/h2-7,14H,8-13,15-16H2,1H3,(H,24,28). The molecule has 0 bridgehead atoms. The maximum absolute atomic E-state index is 12.4. The SMILES string of the molecule is COc1ccc(OCC(=O)N2CCN(CCNC(=O)c3ccc4c(c3)OCO4)CC2)cc1. The third-order valence-electron chi connectivity index (χ3n) is 5.50. The average Bonchev–Trinajstić information content (AvgIpc) is 3.31. The van der Waals surface area contributed by atoms with E-state index in [2.05, 4.69) is 10.2 Å². The molecule has 0 saturated carbocycles. The smallest absolute Gasteiger partial charge is 0.260 e. The Morgan fingerprint density at radius 1 is 0.969 bits per heavy atom. The molecule has 1 saturated heterocycles. The molecule has 2 heterocycles. The monoisotopic (exact) mass is 441 g/mol. The van der Waals surface area contributed by atoms with Gasteiger partial charge in [-0.05, 0) is 42.5 Å². The van der Waals surface area contributed by atoms with Gasteiger partial charge in [0.1, 0.15) is 11.5 Å². The van der Waals surface area contributed by atoms with Crippen LogP contribution in [0.1, 0.15) is 10.4 Å². The predicted molar refractivity (Wildman–Crippen MR) is 116 cm³/mol. The summed E-state index contributed by atoms with van der Waals surface area (Å²) in [5.74, 6) is 2.45. The van der Waals surface area contributed by atoms with Crippen LogP contribution >= 0.6 is 0 Å². The summed E-state index contributed by atoms with van der Waals surface area (Å²) >= 11 is 0. The lowest BCUT2D eigenvalue weighted by molar-refractivity contribution is -0.135. The molecule has 2 aromatic carbocycles. The summed E-state index contributed by atoms with van der Waals surface area (Å²) in [5, 5.41) is 2.93.